The van der Waals surface area contributed by atoms with Gasteiger partial charge >= 0.3 is 0 Å². The van der Waals surface area contributed by atoms with Crippen molar-refractivity contribution in [1.29, 1.82) is 0 Å². The van der Waals surface area contributed by atoms with Gasteiger partial charge in [0.25, 0.3) is 0 Å². The van der Waals surface area contributed by atoms with Gasteiger partial charge in [-0.1, -0.05) is 32.9 Å². The molecule has 26 heavy (non-hydrogen) atoms. The van der Waals surface area contributed by atoms with E-state index in [0.29, 0.717) is 6.42 Å². The molecule has 1 aromatic carbocycles. The third-order valence-corrected chi connectivity index (χ3v) is 4.64. The van der Waals surface area contributed by atoms with E-state index >= 15 is 0 Å². The van der Waals surface area contributed by atoms with Crippen LogP contribution in [0.15, 0.2) is 18.2 Å². The van der Waals surface area contributed by atoms with Gasteiger partial charge in [0, 0.05) is 12.0 Å². The van der Waals surface area contributed by atoms with Crippen LogP contribution in [0.1, 0.15) is 66.0 Å². The fourth-order valence-corrected chi connectivity index (χ4v) is 3.38. The van der Waals surface area contributed by atoms with Gasteiger partial charge in [0.15, 0.2) is 0 Å². The zero-order chi connectivity index (χ0) is 20.3. The smallest absolute Gasteiger partial charge is 0.223 e. The second kappa shape index (κ2) is 7.97. The summed E-state index contributed by atoms with van der Waals surface area (Å²) in [5.41, 5.74) is 0.104. The van der Waals surface area contributed by atoms with E-state index in [1.165, 1.54) is 0 Å². The number of carbonyl (C=O) groups excluding carboxylic acids is 1. The molecule has 0 aliphatic heterocycles. The molecule has 0 aromatic heterocycles. The number of hydrogen-bond donors (Lipinski definition) is 3. The van der Waals surface area contributed by atoms with E-state index in [2.05, 4.69) is 0 Å². The number of aromatic hydroxyl groups is 1. The summed E-state index contributed by atoms with van der Waals surface area (Å²) in [6.45, 7) is 12.9. The van der Waals surface area contributed by atoms with Crippen molar-refractivity contribution in [1.82, 2.24) is 4.90 Å². The molecule has 3 N–H and O–H groups in total. The van der Waals surface area contributed by atoms with Crippen molar-refractivity contribution < 1.29 is 20.1 Å². The highest BCUT2D eigenvalue weighted by Gasteiger charge is 2.40. The fraction of sp³-hybridized carbons (Fsp3) is 0.667. The molecule has 0 atom stereocenters. The van der Waals surface area contributed by atoms with E-state index in [-0.39, 0.29) is 36.7 Å². The van der Waals surface area contributed by atoms with Gasteiger partial charge in [-0.3, -0.25) is 4.79 Å². The number of nitrogens with zero attached hydrogens (tertiary/aromatic N) is 1. The molecule has 0 fully saturated rings. The molecule has 0 aliphatic rings. The van der Waals surface area contributed by atoms with Crippen LogP contribution in [0.5, 0.6) is 5.75 Å². The van der Waals surface area contributed by atoms with Crippen LogP contribution >= 0.6 is 0 Å². The van der Waals surface area contributed by atoms with Gasteiger partial charge in [0.05, 0.1) is 18.8 Å². The second-order valence-corrected chi connectivity index (χ2v) is 9.31. The van der Waals surface area contributed by atoms with Gasteiger partial charge in [-0.15, -0.1) is 0 Å². The highest BCUT2D eigenvalue weighted by molar-refractivity contribution is 5.78. The summed E-state index contributed by atoms with van der Waals surface area (Å²) < 4.78 is 0. The number of hydrogen-bond acceptors (Lipinski definition) is 4. The summed E-state index contributed by atoms with van der Waals surface area (Å²) in [5, 5.41) is 29.5. The number of phenolic OH excluding ortho intramolecular Hbond substituents is 1. The Hall–Kier alpha value is -1.59. The first-order valence-corrected chi connectivity index (χ1v) is 9.13. The predicted molar refractivity (Wildman–Crippen MR) is 104 cm³/mol. The lowest BCUT2D eigenvalue weighted by Gasteiger charge is -2.47. The minimum absolute atomic E-state index is 0.117. The number of rotatable bonds is 6. The molecule has 1 aromatic rings. The van der Waals surface area contributed by atoms with Crippen LogP contribution in [0.3, 0.4) is 0 Å². The summed E-state index contributed by atoms with van der Waals surface area (Å²) in [6, 6.07) is 5.45. The van der Waals surface area contributed by atoms with Crippen LogP contribution < -0.4 is 0 Å². The first kappa shape index (κ1) is 22.5. The Kier molecular flexibility index (Phi) is 6.88. The van der Waals surface area contributed by atoms with Crippen molar-refractivity contribution in [3.8, 4) is 5.75 Å². The zero-order valence-corrected chi connectivity index (χ0v) is 17.3. The molecular formula is C21H35NO4. The average molecular weight is 366 g/mol. The molecule has 0 heterocycles. The van der Waals surface area contributed by atoms with Crippen LogP contribution in [-0.2, 0) is 16.6 Å². The van der Waals surface area contributed by atoms with E-state index in [0.717, 1.165) is 11.1 Å². The Morgan fingerprint density at radius 2 is 1.54 bits per heavy atom. The topological polar surface area (TPSA) is 81.0 Å². The molecular weight excluding hydrogens is 330 g/mol. The summed E-state index contributed by atoms with van der Waals surface area (Å²) in [6.07, 6.45) is 0.795. The molecule has 0 radical (unpaired) electrons. The lowest BCUT2D eigenvalue weighted by Crippen LogP contribution is -2.62. The van der Waals surface area contributed by atoms with Crippen molar-refractivity contribution in [2.45, 2.75) is 77.8 Å². The van der Waals surface area contributed by atoms with Crippen molar-refractivity contribution in [3.05, 3.63) is 29.3 Å². The van der Waals surface area contributed by atoms with E-state index in [4.69, 9.17) is 0 Å². The Labute approximate surface area is 157 Å². The number of phenols is 1. The van der Waals surface area contributed by atoms with Crippen molar-refractivity contribution in [3.63, 3.8) is 0 Å². The zero-order valence-electron chi connectivity index (χ0n) is 17.3. The molecule has 148 valence electrons. The van der Waals surface area contributed by atoms with E-state index in [1.807, 2.05) is 53.7 Å². The molecule has 1 rings (SSSR count). The first-order chi connectivity index (χ1) is 11.8. The predicted octanol–water partition coefficient (Wildman–Crippen LogP) is 2.99. The van der Waals surface area contributed by atoms with Crippen LogP contribution in [-0.4, -0.2) is 50.4 Å². The molecule has 0 unspecified atom stereocenters. The molecule has 1 amide bonds. The van der Waals surface area contributed by atoms with Gasteiger partial charge in [-0.2, -0.15) is 0 Å². The van der Waals surface area contributed by atoms with Gasteiger partial charge in [-0.25, -0.2) is 0 Å². The summed E-state index contributed by atoms with van der Waals surface area (Å²) in [4.78, 5) is 14.5. The maximum Gasteiger partial charge on any atom is 0.223 e. The highest BCUT2D eigenvalue weighted by Crippen LogP contribution is 2.32. The maximum atomic E-state index is 12.9. The van der Waals surface area contributed by atoms with Crippen LogP contribution in [0.2, 0.25) is 0 Å². The van der Waals surface area contributed by atoms with Crippen molar-refractivity contribution in [2.75, 3.05) is 13.2 Å². The summed E-state index contributed by atoms with van der Waals surface area (Å²) in [7, 11) is 0. The Bertz CT molecular complexity index is 622. The Balaban J connectivity index is 3.03. The lowest BCUT2D eigenvalue weighted by atomic mass is 9.85. The average Bonchev–Trinajstić information content (AvgIpc) is 2.51. The van der Waals surface area contributed by atoms with Crippen molar-refractivity contribution >= 4 is 5.91 Å². The summed E-state index contributed by atoms with van der Waals surface area (Å²) >= 11 is 0. The fourth-order valence-electron chi connectivity index (χ4n) is 3.38. The molecule has 0 saturated carbocycles. The van der Waals surface area contributed by atoms with Gasteiger partial charge in [0.2, 0.25) is 5.91 Å². The third kappa shape index (κ3) is 5.21. The van der Waals surface area contributed by atoms with Gasteiger partial charge in [-0.05, 0) is 56.7 Å². The minimum atomic E-state index is -1.01. The molecule has 0 saturated heterocycles. The van der Waals surface area contributed by atoms with Crippen LogP contribution in [0.4, 0.5) is 0 Å². The van der Waals surface area contributed by atoms with E-state index in [9.17, 15) is 20.1 Å². The quantitative estimate of drug-likeness (QED) is 0.724. The molecule has 5 heteroatoms. The molecule has 0 aliphatic carbocycles. The molecule has 0 spiro atoms. The Morgan fingerprint density at radius 1 is 1.00 bits per heavy atom. The second-order valence-electron chi connectivity index (χ2n) is 9.31. The van der Waals surface area contributed by atoms with Crippen LogP contribution in [0, 0.1) is 0 Å². The molecule has 0 bridgehead atoms. The number of carbonyl (C=O) groups is 1. The maximum absolute atomic E-state index is 12.9. The van der Waals surface area contributed by atoms with Gasteiger partial charge in [0.1, 0.15) is 5.75 Å². The number of amides is 1. The lowest BCUT2D eigenvalue weighted by molar-refractivity contribution is -0.150. The van der Waals surface area contributed by atoms with Gasteiger partial charge < -0.3 is 20.2 Å². The first-order valence-electron chi connectivity index (χ1n) is 9.13. The third-order valence-electron chi connectivity index (χ3n) is 4.64. The summed E-state index contributed by atoms with van der Waals surface area (Å²) in [5.74, 6) is 0.144. The number of aliphatic hydroxyl groups excluding tert-OH is 2. The van der Waals surface area contributed by atoms with E-state index in [1.54, 1.807) is 17.9 Å². The molecule has 5 nitrogen and oxygen atoms in total. The van der Waals surface area contributed by atoms with E-state index < -0.39 is 11.1 Å². The number of aliphatic hydroxyl groups is 2. The SMILES string of the molecule is CC(C)(C)c1cc(CCC(=O)N(C(C)(C)C)C(C)(CO)CO)ccc1O. The number of aryl methyl sites for hydroxylation is 1. The Morgan fingerprint density at radius 3 is 1.96 bits per heavy atom. The van der Waals surface area contributed by atoms with Crippen LogP contribution in [0.25, 0.3) is 0 Å². The standard InChI is InChI=1S/C21H35NO4/c1-19(2,3)16-12-15(8-10-17(16)25)9-11-18(26)22(20(4,5)6)21(7,13-23)14-24/h8,10,12,23-25H,9,11,13-14H2,1-7H3. The van der Waals surface area contributed by atoms with Crippen molar-refractivity contribution in [2.24, 2.45) is 0 Å². The monoisotopic (exact) mass is 365 g/mol. The number of benzene rings is 1. The normalized spacial score (nSPS) is 13.0. The largest absolute Gasteiger partial charge is 0.508 e. The minimum Gasteiger partial charge on any atom is -0.508 e. The highest BCUT2D eigenvalue weighted by atomic mass is 16.3.